The molecule has 0 atom stereocenters. The van der Waals surface area contributed by atoms with Crippen LogP contribution in [-0.4, -0.2) is 95.8 Å². The number of benzene rings is 3. The number of aromatic hydroxyl groups is 1. The number of H-pyrrole nitrogens is 1. The van der Waals surface area contributed by atoms with Crippen LogP contribution < -0.4 is 4.87 Å². The molecule has 4 rings (SSSR count). The van der Waals surface area contributed by atoms with Crippen molar-refractivity contribution in [2.45, 2.75) is 52.6 Å². The molecular weight excluding hydrogens is 641 g/mol. The van der Waals surface area contributed by atoms with Crippen molar-refractivity contribution >= 4 is 33.6 Å². The molecule has 264 valence electrons. The quantitative estimate of drug-likeness (QED) is 0.116. The molecule has 49 heavy (non-hydrogen) atoms. The van der Waals surface area contributed by atoms with E-state index in [2.05, 4.69) is 49.7 Å². The van der Waals surface area contributed by atoms with Crippen LogP contribution in [-0.2, 0) is 32.7 Å². The van der Waals surface area contributed by atoms with Crippen LogP contribution in [0.15, 0.2) is 77.6 Å². The van der Waals surface area contributed by atoms with Gasteiger partial charge in [0.2, 0.25) is 5.91 Å². The number of nitrogens with zero attached hydrogens (tertiary/aromatic N) is 3. The highest BCUT2D eigenvalue weighted by molar-refractivity contribution is 7.16. The van der Waals surface area contributed by atoms with Crippen LogP contribution in [0.4, 0.5) is 4.79 Å². The van der Waals surface area contributed by atoms with Gasteiger partial charge in [0.05, 0.1) is 24.3 Å². The van der Waals surface area contributed by atoms with Crippen molar-refractivity contribution in [3.63, 3.8) is 0 Å². The third-order valence-electron chi connectivity index (χ3n) is 8.81. The summed E-state index contributed by atoms with van der Waals surface area (Å²) in [5.41, 5.74) is 3.10. The molecule has 1 aromatic heterocycles. The number of carbonyl (C=O) groups excluding carboxylic acids is 2. The molecule has 0 bridgehead atoms. The Hall–Kier alpha value is -4.19. The number of fused-ring (bicyclic) bond motifs is 1. The SMILES string of the molecule is CCN(CC)CCN(CCN(CCc1ccc(O)c2[nH]c(=O)sc12)C(=O)OCc1ccccc1)C(=O)CCOCC(C)(C)c1ccccc1. The molecule has 0 spiro atoms. The lowest BCUT2D eigenvalue weighted by atomic mass is 9.86. The van der Waals surface area contributed by atoms with Gasteiger partial charge < -0.3 is 34.3 Å². The molecule has 3 aromatic carbocycles. The normalized spacial score (nSPS) is 11.6. The highest BCUT2D eigenvalue weighted by Gasteiger charge is 2.23. The first-order valence-electron chi connectivity index (χ1n) is 17.0. The van der Waals surface area contributed by atoms with Crippen molar-refractivity contribution in [3.8, 4) is 5.75 Å². The first kappa shape index (κ1) is 37.6. The maximum absolute atomic E-state index is 13.6. The zero-order chi connectivity index (χ0) is 35.2. The van der Waals surface area contributed by atoms with E-state index < -0.39 is 6.09 Å². The van der Waals surface area contributed by atoms with Gasteiger partial charge >= 0.3 is 11.0 Å². The number of aromatic nitrogens is 1. The molecule has 1 heterocycles. The van der Waals surface area contributed by atoms with Crippen molar-refractivity contribution in [2.75, 3.05) is 59.0 Å². The average Bonchev–Trinajstić information content (AvgIpc) is 3.52. The van der Waals surface area contributed by atoms with Crippen molar-refractivity contribution in [1.82, 2.24) is 19.7 Å². The lowest BCUT2D eigenvalue weighted by Gasteiger charge is -2.30. The maximum atomic E-state index is 13.6. The molecule has 2 N–H and O–H groups in total. The molecule has 0 saturated heterocycles. The Morgan fingerprint density at radius 3 is 2.20 bits per heavy atom. The van der Waals surface area contributed by atoms with E-state index in [9.17, 15) is 19.5 Å². The Balaban J connectivity index is 1.44. The van der Waals surface area contributed by atoms with E-state index in [-0.39, 0.29) is 41.5 Å². The number of hydrogen-bond donors (Lipinski definition) is 2. The van der Waals surface area contributed by atoms with E-state index in [1.54, 1.807) is 17.0 Å². The molecule has 4 aromatic rings. The second kappa shape index (κ2) is 18.5. The van der Waals surface area contributed by atoms with E-state index in [1.807, 2.05) is 53.4 Å². The van der Waals surface area contributed by atoms with Crippen LogP contribution in [0.5, 0.6) is 5.75 Å². The van der Waals surface area contributed by atoms with Crippen LogP contribution in [0.2, 0.25) is 0 Å². The van der Waals surface area contributed by atoms with Crippen LogP contribution >= 0.6 is 11.3 Å². The zero-order valence-corrected chi connectivity index (χ0v) is 30.0. The third-order valence-corrected chi connectivity index (χ3v) is 9.76. The number of hydrogen-bond acceptors (Lipinski definition) is 8. The van der Waals surface area contributed by atoms with E-state index in [0.29, 0.717) is 49.5 Å². The fourth-order valence-corrected chi connectivity index (χ4v) is 6.55. The molecule has 0 radical (unpaired) electrons. The summed E-state index contributed by atoms with van der Waals surface area (Å²) in [4.78, 5) is 47.3. The highest BCUT2D eigenvalue weighted by Crippen LogP contribution is 2.28. The van der Waals surface area contributed by atoms with Gasteiger partial charge in [0.1, 0.15) is 17.9 Å². The molecule has 0 aliphatic carbocycles. The Morgan fingerprint density at radius 1 is 0.857 bits per heavy atom. The van der Waals surface area contributed by atoms with Crippen LogP contribution in [0.1, 0.15) is 50.8 Å². The number of phenolic OH excluding ortho intramolecular Hbond substituents is 1. The minimum absolute atomic E-state index is 0.00573. The summed E-state index contributed by atoms with van der Waals surface area (Å²) in [7, 11) is 0. The maximum Gasteiger partial charge on any atom is 0.410 e. The summed E-state index contributed by atoms with van der Waals surface area (Å²) >= 11 is 1.03. The van der Waals surface area contributed by atoms with Gasteiger partial charge in [0.15, 0.2) is 0 Å². The molecule has 10 nitrogen and oxygen atoms in total. The number of rotatable bonds is 19. The van der Waals surface area contributed by atoms with Crippen molar-refractivity contribution in [1.29, 1.82) is 0 Å². The second-order valence-electron chi connectivity index (χ2n) is 12.7. The number of likely N-dealkylation sites (N-methyl/N-ethyl adjacent to an activating group) is 1. The van der Waals surface area contributed by atoms with Gasteiger partial charge in [-0.3, -0.25) is 9.59 Å². The van der Waals surface area contributed by atoms with Crippen LogP contribution in [0.25, 0.3) is 10.2 Å². The lowest BCUT2D eigenvalue weighted by Crippen LogP contribution is -2.45. The molecule has 0 aliphatic heterocycles. The number of ether oxygens (including phenoxy) is 2. The van der Waals surface area contributed by atoms with Crippen molar-refractivity contribution in [3.05, 3.63) is 99.2 Å². The number of phenols is 1. The standard InChI is InChI=1S/C38H50N4O6S/c1-5-40(6-2)22-23-41(33(44)20-26-47-28-38(3,4)31-15-11-8-12-16-31)24-25-42(37(46)48-27-29-13-9-7-10-14-29)21-19-30-17-18-32(43)34-35(30)49-36(45)39-34/h7-18,43H,5-6,19-28H2,1-4H3,(H,39,45). The third kappa shape index (κ3) is 11.2. The van der Waals surface area contributed by atoms with Gasteiger partial charge in [-0.15, -0.1) is 0 Å². The molecule has 0 aliphatic rings. The van der Waals surface area contributed by atoms with Gasteiger partial charge in [-0.2, -0.15) is 0 Å². The second-order valence-corrected chi connectivity index (χ2v) is 13.7. The first-order valence-corrected chi connectivity index (χ1v) is 17.9. The topological polar surface area (TPSA) is 115 Å². The van der Waals surface area contributed by atoms with Crippen LogP contribution in [0.3, 0.4) is 0 Å². The van der Waals surface area contributed by atoms with Gasteiger partial charge in [-0.25, -0.2) is 4.79 Å². The number of amides is 2. The summed E-state index contributed by atoms with van der Waals surface area (Å²) in [5.74, 6) is -0.0224. The van der Waals surface area contributed by atoms with Gasteiger partial charge in [-0.05, 0) is 42.3 Å². The minimum atomic E-state index is -0.483. The molecule has 2 amide bonds. The Kier molecular flexibility index (Phi) is 14.2. The summed E-state index contributed by atoms with van der Waals surface area (Å²) < 4.78 is 12.4. The van der Waals surface area contributed by atoms with Crippen molar-refractivity contribution in [2.24, 2.45) is 0 Å². The number of carbonyl (C=O) groups is 2. The van der Waals surface area contributed by atoms with Gasteiger partial charge in [-0.1, -0.05) is 106 Å². The Labute approximate surface area is 293 Å². The molecule has 11 heteroatoms. The monoisotopic (exact) mass is 690 g/mol. The number of nitrogens with one attached hydrogen (secondary N) is 1. The Bertz CT molecular complexity index is 1670. The molecule has 0 fully saturated rings. The van der Waals surface area contributed by atoms with Gasteiger partial charge in [0.25, 0.3) is 0 Å². The summed E-state index contributed by atoms with van der Waals surface area (Å²) in [6, 6.07) is 23.0. The van der Waals surface area contributed by atoms with E-state index in [0.717, 1.165) is 42.1 Å². The van der Waals surface area contributed by atoms with E-state index in [4.69, 9.17) is 9.47 Å². The Morgan fingerprint density at radius 2 is 1.51 bits per heavy atom. The van der Waals surface area contributed by atoms with Gasteiger partial charge in [0, 0.05) is 38.1 Å². The molecule has 0 saturated carbocycles. The molecular formula is C38H50N4O6S. The van der Waals surface area contributed by atoms with E-state index in [1.165, 1.54) is 5.56 Å². The van der Waals surface area contributed by atoms with Crippen molar-refractivity contribution < 1.29 is 24.2 Å². The summed E-state index contributed by atoms with van der Waals surface area (Å²) in [6.07, 6.45) is 0.187. The molecule has 0 unspecified atom stereocenters. The average molecular weight is 691 g/mol. The largest absolute Gasteiger partial charge is 0.506 e. The zero-order valence-electron chi connectivity index (χ0n) is 29.2. The predicted molar refractivity (Wildman–Crippen MR) is 195 cm³/mol. The smallest absolute Gasteiger partial charge is 0.410 e. The number of aromatic amines is 1. The first-order chi connectivity index (χ1) is 23.6. The predicted octanol–water partition coefficient (Wildman–Crippen LogP) is 6.03. The fourth-order valence-electron chi connectivity index (χ4n) is 5.65. The van der Waals surface area contributed by atoms with E-state index >= 15 is 0 Å². The lowest BCUT2D eigenvalue weighted by molar-refractivity contribution is -0.133. The summed E-state index contributed by atoms with van der Waals surface area (Å²) in [5, 5.41) is 10.2. The van der Waals surface area contributed by atoms with Crippen LogP contribution in [0, 0.1) is 0 Å². The highest BCUT2D eigenvalue weighted by atomic mass is 32.1. The summed E-state index contributed by atoms with van der Waals surface area (Å²) in [6.45, 7) is 13.3. The number of thiazole rings is 1. The minimum Gasteiger partial charge on any atom is -0.506 e. The fraction of sp³-hybridized carbons (Fsp3) is 0.447.